The lowest BCUT2D eigenvalue weighted by Gasteiger charge is -2.36. The largest absolute Gasteiger partial charge is 0.466 e. The highest BCUT2D eigenvalue weighted by atomic mass is 32.2. The third-order valence-corrected chi connectivity index (χ3v) is 7.18. The Labute approximate surface area is 138 Å². The van der Waals surface area contributed by atoms with Crippen molar-refractivity contribution >= 4 is 29.5 Å². The molecule has 120 valence electrons. The molecule has 1 saturated heterocycles. The predicted molar refractivity (Wildman–Crippen MR) is 95.9 cm³/mol. The molecule has 0 aromatic rings. The first-order chi connectivity index (χ1) is 10.2. The van der Waals surface area contributed by atoms with E-state index in [1.165, 1.54) is 56.8 Å². The van der Waals surface area contributed by atoms with Crippen LogP contribution in [0.5, 0.6) is 0 Å². The van der Waals surface area contributed by atoms with Crippen LogP contribution in [0.4, 0.5) is 0 Å². The third kappa shape index (κ3) is 8.01. The predicted octanol–water partition coefficient (Wildman–Crippen LogP) is 5.20. The van der Waals surface area contributed by atoms with Gasteiger partial charge in [-0.2, -0.15) is 0 Å². The first-order valence-electron chi connectivity index (χ1n) is 7.86. The number of esters is 1. The molecule has 21 heavy (non-hydrogen) atoms. The summed E-state index contributed by atoms with van der Waals surface area (Å²) in [6.07, 6.45) is 15.2. The van der Waals surface area contributed by atoms with E-state index in [1.54, 1.807) is 0 Å². The van der Waals surface area contributed by atoms with Crippen LogP contribution in [0.1, 0.15) is 51.4 Å². The zero-order valence-corrected chi connectivity index (χ0v) is 14.8. The fourth-order valence-electron chi connectivity index (χ4n) is 2.45. The molecule has 1 aliphatic heterocycles. The van der Waals surface area contributed by atoms with Crippen LogP contribution in [0, 0.1) is 0 Å². The molecule has 1 aliphatic rings. The van der Waals surface area contributed by atoms with Crippen molar-refractivity contribution in [2.24, 2.45) is 0 Å². The van der Waals surface area contributed by atoms with Gasteiger partial charge in [0.15, 0.2) is 0 Å². The highest BCUT2D eigenvalue weighted by Gasteiger charge is 2.32. The number of carbonyl (C=O) groups is 1. The summed E-state index contributed by atoms with van der Waals surface area (Å²) < 4.78 is 5.02. The molecule has 1 rings (SSSR count). The molecule has 0 aromatic carbocycles. The molecule has 0 amide bonds. The van der Waals surface area contributed by atoms with Gasteiger partial charge >= 0.3 is 5.97 Å². The average molecular weight is 329 g/mol. The summed E-state index contributed by atoms with van der Waals surface area (Å²) in [7, 11) is 1.42. The summed E-state index contributed by atoms with van der Waals surface area (Å²) in [5.74, 6) is 2.34. The lowest BCUT2D eigenvalue weighted by atomic mass is 10.1. The minimum atomic E-state index is -0.254. The van der Waals surface area contributed by atoms with Gasteiger partial charge in [-0.15, -0.1) is 30.1 Å². The van der Waals surface area contributed by atoms with Gasteiger partial charge in [-0.05, 0) is 56.5 Å². The van der Waals surface area contributed by atoms with Gasteiger partial charge in [0.1, 0.15) is 0 Å². The minimum Gasteiger partial charge on any atom is -0.466 e. The fourth-order valence-corrected chi connectivity index (χ4v) is 5.94. The number of rotatable bonds is 10. The molecule has 0 aromatic heterocycles. The van der Waals surface area contributed by atoms with E-state index in [-0.39, 0.29) is 5.97 Å². The molecule has 1 heterocycles. The van der Waals surface area contributed by atoms with E-state index in [0.717, 1.165) is 19.3 Å². The second-order valence-electron chi connectivity index (χ2n) is 5.31. The normalized spacial score (nSPS) is 17.8. The van der Waals surface area contributed by atoms with Gasteiger partial charge in [0.05, 0.1) is 11.2 Å². The third-order valence-electron chi connectivity index (χ3n) is 3.62. The second-order valence-corrected chi connectivity index (χ2v) is 8.53. The van der Waals surface area contributed by atoms with Crippen LogP contribution >= 0.6 is 23.5 Å². The van der Waals surface area contributed by atoms with Gasteiger partial charge in [-0.25, -0.2) is 4.79 Å². The lowest BCUT2D eigenvalue weighted by Crippen LogP contribution is -2.25. The summed E-state index contributed by atoms with van der Waals surface area (Å²) in [5.41, 5.74) is 0. The Kier molecular flexibility index (Phi) is 10.0. The van der Waals surface area contributed by atoms with Crippen molar-refractivity contribution in [3.05, 3.63) is 24.8 Å². The Morgan fingerprint density at radius 2 is 1.90 bits per heavy atom. The molecule has 0 bridgehead atoms. The molecule has 2 nitrogen and oxygen atoms in total. The summed E-state index contributed by atoms with van der Waals surface area (Å²) in [6.45, 7) is 3.80. The van der Waals surface area contributed by atoms with E-state index >= 15 is 0 Å². The Hall–Kier alpha value is -0.350. The van der Waals surface area contributed by atoms with Gasteiger partial charge < -0.3 is 4.74 Å². The van der Waals surface area contributed by atoms with Crippen LogP contribution < -0.4 is 0 Å². The minimum absolute atomic E-state index is 0.254. The second kappa shape index (κ2) is 11.2. The molecule has 0 aliphatic carbocycles. The van der Waals surface area contributed by atoms with Crippen LogP contribution in [0.2, 0.25) is 0 Å². The quantitative estimate of drug-likeness (QED) is 0.238. The molecule has 1 fully saturated rings. The van der Waals surface area contributed by atoms with E-state index in [1.807, 2.05) is 12.2 Å². The fraction of sp³-hybridized carbons (Fsp3) is 0.706. The number of thioether (sulfide) groups is 2. The van der Waals surface area contributed by atoms with Crippen molar-refractivity contribution < 1.29 is 9.53 Å². The van der Waals surface area contributed by atoms with Crippen molar-refractivity contribution in [3.63, 3.8) is 0 Å². The van der Waals surface area contributed by atoms with Gasteiger partial charge in [-0.1, -0.05) is 18.6 Å². The van der Waals surface area contributed by atoms with Crippen LogP contribution in [-0.2, 0) is 9.53 Å². The Morgan fingerprint density at radius 1 is 1.19 bits per heavy atom. The van der Waals surface area contributed by atoms with Crippen molar-refractivity contribution in [2.45, 2.75) is 55.4 Å². The number of ether oxygens (including phenoxy) is 1. The summed E-state index contributed by atoms with van der Waals surface area (Å²) in [4.78, 5) is 11.0. The van der Waals surface area contributed by atoms with E-state index in [9.17, 15) is 4.79 Å². The smallest absolute Gasteiger partial charge is 0.330 e. The van der Waals surface area contributed by atoms with Crippen LogP contribution in [0.3, 0.4) is 0 Å². The molecule has 0 unspecified atom stereocenters. The first kappa shape index (κ1) is 18.7. The van der Waals surface area contributed by atoms with Crippen LogP contribution in [0.25, 0.3) is 0 Å². The zero-order chi connectivity index (χ0) is 15.4. The Morgan fingerprint density at radius 3 is 2.57 bits per heavy atom. The van der Waals surface area contributed by atoms with E-state index in [4.69, 9.17) is 0 Å². The molecule has 0 saturated carbocycles. The van der Waals surface area contributed by atoms with E-state index in [2.05, 4.69) is 34.8 Å². The van der Waals surface area contributed by atoms with E-state index in [0.29, 0.717) is 4.08 Å². The molecular weight excluding hydrogens is 300 g/mol. The van der Waals surface area contributed by atoms with Gasteiger partial charge in [0, 0.05) is 6.08 Å². The number of hydrogen-bond donors (Lipinski definition) is 0. The van der Waals surface area contributed by atoms with Gasteiger partial charge in [0.25, 0.3) is 0 Å². The summed E-state index contributed by atoms with van der Waals surface area (Å²) in [6, 6.07) is 0. The number of allylic oxidation sites excluding steroid dienone is 2. The molecule has 0 spiro atoms. The van der Waals surface area contributed by atoms with Crippen molar-refractivity contribution in [1.82, 2.24) is 0 Å². The molecule has 0 radical (unpaired) electrons. The maximum absolute atomic E-state index is 11.0. The maximum Gasteiger partial charge on any atom is 0.330 e. The number of hydrogen-bond acceptors (Lipinski definition) is 4. The lowest BCUT2D eigenvalue weighted by molar-refractivity contribution is -0.134. The average Bonchev–Trinajstić information content (AvgIpc) is 2.52. The maximum atomic E-state index is 11.0. The highest BCUT2D eigenvalue weighted by molar-refractivity contribution is 8.18. The topological polar surface area (TPSA) is 26.3 Å². The zero-order valence-electron chi connectivity index (χ0n) is 13.1. The van der Waals surface area contributed by atoms with Crippen molar-refractivity contribution in [3.8, 4) is 0 Å². The van der Waals surface area contributed by atoms with Crippen LogP contribution in [0.15, 0.2) is 24.8 Å². The molecule has 4 heteroatoms. The van der Waals surface area contributed by atoms with Gasteiger partial charge in [-0.3, -0.25) is 0 Å². The number of carbonyl (C=O) groups excluding carboxylic acids is 1. The monoisotopic (exact) mass is 328 g/mol. The van der Waals surface area contributed by atoms with Crippen LogP contribution in [-0.4, -0.2) is 28.7 Å². The van der Waals surface area contributed by atoms with Crippen molar-refractivity contribution in [1.29, 1.82) is 0 Å². The standard InChI is InChI=1S/C17H28O2S2/c1-3-4-5-8-12-17(20-14-10-15-21-17)13-9-6-7-11-16(18)19-2/h3,7,11H,1,4-6,8-10,12-15H2,2H3/b11-7+. The molecule has 0 N–H and O–H groups in total. The number of unbranched alkanes of at least 4 members (excludes halogenated alkanes) is 3. The molecular formula is C17H28O2S2. The first-order valence-corrected chi connectivity index (χ1v) is 9.83. The Balaban J connectivity index is 2.33. The van der Waals surface area contributed by atoms with Crippen molar-refractivity contribution in [2.75, 3.05) is 18.6 Å². The number of methoxy groups -OCH3 is 1. The Bertz CT molecular complexity index is 334. The summed E-state index contributed by atoms with van der Waals surface area (Å²) in [5, 5.41) is 0. The van der Waals surface area contributed by atoms with Gasteiger partial charge in [0.2, 0.25) is 0 Å². The van der Waals surface area contributed by atoms with E-state index < -0.39 is 0 Å². The summed E-state index contributed by atoms with van der Waals surface area (Å²) >= 11 is 4.32. The molecule has 0 atom stereocenters. The SMILES string of the molecule is C=CCCCCC1(CCC/C=C/C(=O)OC)SCCCS1. The highest BCUT2D eigenvalue weighted by Crippen LogP contribution is 2.49.